The van der Waals surface area contributed by atoms with Crippen LogP contribution < -0.4 is 4.72 Å². The monoisotopic (exact) mass is 315 g/mol. The summed E-state index contributed by atoms with van der Waals surface area (Å²) < 4.78 is 30.4. The maximum atomic E-state index is 11.8. The molecule has 0 amide bonds. The summed E-state index contributed by atoms with van der Waals surface area (Å²) in [5.74, 6) is -2.67. The van der Waals surface area contributed by atoms with Crippen molar-refractivity contribution in [1.29, 1.82) is 0 Å². The molecule has 1 unspecified atom stereocenters. The van der Waals surface area contributed by atoms with Crippen LogP contribution in [0.5, 0.6) is 0 Å². The van der Waals surface area contributed by atoms with Crippen molar-refractivity contribution in [3.63, 3.8) is 0 Å². The molecule has 0 bridgehead atoms. The van der Waals surface area contributed by atoms with Crippen LogP contribution in [0.3, 0.4) is 0 Å². The number of aliphatic carboxylic acids is 1. The van der Waals surface area contributed by atoms with Crippen molar-refractivity contribution in [3.8, 4) is 0 Å². The Morgan fingerprint density at radius 3 is 2.33 bits per heavy atom. The quantitative estimate of drug-likeness (QED) is 0.714. The number of esters is 1. The fourth-order valence-corrected chi connectivity index (χ4v) is 2.70. The zero-order valence-electron chi connectivity index (χ0n) is 11.7. The van der Waals surface area contributed by atoms with Crippen molar-refractivity contribution in [2.75, 3.05) is 13.7 Å². The summed E-state index contributed by atoms with van der Waals surface area (Å²) in [5, 5.41) is 8.70. The van der Waals surface area contributed by atoms with Gasteiger partial charge in [-0.3, -0.25) is 4.79 Å². The number of sulfonamides is 1. The summed E-state index contributed by atoms with van der Waals surface area (Å²) in [7, 11) is -2.37. The molecule has 0 saturated heterocycles. The largest absolute Gasteiger partial charge is 0.481 e. The van der Waals surface area contributed by atoms with Crippen LogP contribution in [0, 0.1) is 5.92 Å². The van der Waals surface area contributed by atoms with Crippen LogP contribution in [0.25, 0.3) is 0 Å². The molecular weight excluding hydrogens is 298 g/mol. The number of ether oxygens (including phenoxy) is 1. The molecule has 0 aliphatic heterocycles. The van der Waals surface area contributed by atoms with Gasteiger partial charge in [0.25, 0.3) is 0 Å². The first-order chi connectivity index (χ1) is 9.75. The van der Waals surface area contributed by atoms with Gasteiger partial charge in [0, 0.05) is 6.54 Å². The second-order valence-electron chi connectivity index (χ2n) is 4.54. The molecule has 116 valence electrons. The Morgan fingerprint density at radius 1 is 1.29 bits per heavy atom. The van der Waals surface area contributed by atoms with Gasteiger partial charge < -0.3 is 9.84 Å². The summed E-state index contributed by atoms with van der Waals surface area (Å²) in [4.78, 5) is 21.9. The molecule has 0 aliphatic rings. The van der Waals surface area contributed by atoms with Crippen LogP contribution in [0.2, 0.25) is 0 Å². The van der Waals surface area contributed by atoms with E-state index >= 15 is 0 Å². The number of carbonyl (C=O) groups excluding carboxylic acids is 1. The summed E-state index contributed by atoms with van der Waals surface area (Å²) in [6, 6.07) is 5.95. The average molecular weight is 315 g/mol. The third kappa shape index (κ3) is 5.52. The normalized spacial score (nSPS) is 12.7. The third-order valence-corrected chi connectivity index (χ3v) is 4.08. The van der Waals surface area contributed by atoms with Crippen LogP contribution in [-0.2, 0) is 25.3 Å². The highest BCUT2D eigenvalue weighted by molar-refractivity contribution is 7.88. The Balaban J connectivity index is 2.67. The highest BCUT2D eigenvalue weighted by Crippen LogP contribution is 2.09. The molecular formula is C13H17NO6S. The van der Waals surface area contributed by atoms with Crippen LogP contribution in [-0.4, -0.2) is 39.1 Å². The van der Waals surface area contributed by atoms with Crippen molar-refractivity contribution in [1.82, 2.24) is 4.72 Å². The van der Waals surface area contributed by atoms with Gasteiger partial charge in [-0.15, -0.1) is 0 Å². The van der Waals surface area contributed by atoms with Crippen molar-refractivity contribution < 1.29 is 27.9 Å². The van der Waals surface area contributed by atoms with E-state index in [1.54, 1.807) is 0 Å². The number of hydrogen-bond acceptors (Lipinski definition) is 5. The number of nitrogens with one attached hydrogen (secondary N) is 1. The fourth-order valence-electron chi connectivity index (χ4n) is 1.46. The van der Waals surface area contributed by atoms with Crippen LogP contribution in [0.1, 0.15) is 22.8 Å². The second-order valence-corrected chi connectivity index (χ2v) is 6.34. The molecule has 1 atom stereocenters. The molecule has 0 heterocycles. The lowest BCUT2D eigenvalue weighted by molar-refractivity contribution is -0.140. The maximum absolute atomic E-state index is 11.8. The predicted molar refractivity (Wildman–Crippen MR) is 75.2 cm³/mol. The molecule has 7 nitrogen and oxygen atoms in total. The predicted octanol–water partition coefficient (Wildman–Crippen LogP) is 0.613. The molecule has 1 aromatic carbocycles. The number of rotatable bonds is 7. The molecule has 1 aromatic rings. The average Bonchev–Trinajstić information content (AvgIpc) is 2.44. The molecule has 21 heavy (non-hydrogen) atoms. The third-order valence-electron chi connectivity index (χ3n) is 2.76. The number of hydrogen-bond donors (Lipinski definition) is 2. The molecule has 2 N–H and O–H groups in total. The highest BCUT2D eigenvalue weighted by Gasteiger charge is 2.17. The van der Waals surface area contributed by atoms with E-state index in [4.69, 9.17) is 5.11 Å². The van der Waals surface area contributed by atoms with Crippen LogP contribution in [0.4, 0.5) is 0 Å². The van der Waals surface area contributed by atoms with Gasteiger partial charge in [-0.25, -0.2) is 17.9 Å². The Morgan fingerprint density at radius 2 is 1.86 bits per heavy atom. The topological polar surface area (TPSA) is 110 Å². The number of benzene rings is 1. The molecule has 0 fully saturated rings. The van der Waals surface area contributed by atoms with E-state index in [1.807, 2.05) is 0 Å². The number of methoxy groups -OCH3 is 1. The Hall–Kier alpha value is -1.93. The first-order valence-electron chi connectivity index (χ1n) is 6.12. The number of carbonyl (C=O) groups is 2. The summed E-state index contributed by atoms with van der Waals surface area (Å²) in [5.41, 5.74) is 0.809. The lowest BCUT2D eigenvalue weighted by Crippen LogP contribution is -2.32. The highest BCUT2D eigenvalue weighted by atomic mass is 32.2. The minimum Gasteiger partial charge on any atom is -0.481 e. The summed E-state index contributed by atoms with van der Waals surface area (Å²) in [6.45, 7) is 1.24. The van der Waals surface area contributed by atoms with Gasteiger partial charge in [0.1, 0.15) is 0 Å². The lowest BCUT2D eigenvalue weighted by atomic mass is 10.1. The van der Waals surface area contributed by atoms with Gasteiger partial charge in [-0.2, -0.15) is 0 Å². The molecule has 1 rings (SSSR count). The molecule has 8 heteroatoms. The SMILES string of the molecule is COC(=O)c1ccc(CS(=O)(=O)NCC(C)C(=O)O)cc1. The fraction of sp³-hybridized carbons (Fsp3) is 0.385. The molecule has 0 radical (unpaired) electrons. The smallest absolute Gasteiger partial charge is 0.337 e. The van der Waals surface area contributed by atoms with E-state index in [0.29, 0.717) is 11.1 Å². The zero-order valence-corrected chi connectivity index (χ0v) is 12.5. The van der Waals surface area contributed by atoms with Gasteiger partial charge in [0.05, 0.1) is 24.3 Å². The van der Waals surface area contributed by atoms with Gasteiger partial charge >= 0.3 is 11.9 Å². The van der Waals surface area contributed by atoms with Gasteiger partial charge in [0.2, 0.25) is 10.0 Å². The van der Waals surface area contributed by atoms with Gasteiger partial charge in [-0.05, 0) is 17.7 Å². The summed E-state index contributed by atoms with van der Waals surface area (Å²) >= 11 is 0. The summed E-state index contributed by atoms with van der Waals surface area (Å²) in [6.07, 6.45) is 0. The molecule has 0 aromatic heterocycles. The van der Waals surface area contributed by atoms with E-state index in [9.17, 15) is 18.0 Å². The van der Waals surface area contributed by atoms with E-state index in [2.05, 4.69) is 9.46 Å². The van der Waals surface area contributed by atoms with Crippen molar-refractivity contribution >= 4 is 22.0 Å². The van der Waals surface area contributed by atoms with E-state index in [-0.39, 0.29) is 12.3 Å². The van der Waals surface area contributed by atoms with Crippen molar-refractivity contribution in [3.05, 3.63) is 35.4 Å². The Bertz CT molecular complexity index is 608. The molecule has 0 saturated carbocycles. The van der Waals surface area contributed by atoms with E-state index in [1.165, 1.54) is 38.3 Å². The zero-order chi connectivity index (χ0) is 16.0. The van der Waals surface area contributed by atoms with E-state index in [0.717, 1.165) is 0 Å². The van der Waals surface area contributed by atoms with Gasteiger partial charge in [0.15, 0.2) is 0 Å². The minimum absolute atomic E-state index is 0.169. The van der Waals surface area contributed by atoms with Crippen molar-refractivity contribution in [2.24, 2.45) is 5.92 Å². The number of carboxylic acids is 1. The van der Waals surface area contributed by atoms with Crippen LogP contribution >= 0.6 is 0 Å². The minimum atomic E-state index is -3.63. The first kappa shape index (κ1) is 17.1. The molecule has 0 aliphatic carbocycles. The standard InChI is InChI=1S/C13H17NO6S/c1-9(12(15)16)7-14-21(18,19)8-10-3-5-11(6-4-10)13(17)20-2/h3-6,9,14H,7-8H2,1-2H3,(H,15,16). The maximum Gasteiger partial charge on any atom is 0.337 e. The van der Waals surface area contributed by atoms with Crippen LogP contribution in [0.15, 0.2) is 24.3 Å². The van der Waals surface area contributed by atoms with E-state index < -0.39 is 27.9 Å². The van der Waals surface area contributed by atoms with Gasteiger partial charge in [-0.1, -0.05) is 19.1 Å². The lowest BCUT2D eigenvalue weighted by Gasteiger charge is -2.09. The number of carboxylic acid groups (broad SMARTS) is 1. The Kier molecular flexibility index (Phi) is 5.86. The molecule has 0 spiro atoms. The van der Waals surface area contributed by atoms with Crippen molar-refractivity contribution in [2.45, 2.75) is 12.7 Å². The second kappa shape index (κ2) is 7.19. The Labute approximate surface area is 123 Å². The first-order valence-corrected chi connectivity index (χ1v) is 7.78.